The van der Waals surface area contributed by atoms with E-state index in [0.717, 1.165) is 18.7 Å². The summed E-state index contributed by atoms with van der Waals surface area (Å²) in [6, 6.07) is 8.48. The van der Waals surface area contributed by atoms with Crippen molar-refractivity contribution in [3.8, 4) is 0 Å². The van der Waals surface area contributed by atoms with Crippen LogP contribution in [0.3, 0.4) is 0 Å². The highest BCUT2D eigenvalue weighted by atomic mass is 79.9. The van der Waals surface area contributed by atoms with Crippen molar-refractivity contribution < 1.29 is 0 Å². The van der Waals surface area contributed by atoms with Gasteiger partial charge in [-0.1, -0.05) is 61.7 Å². The molecule has 0 spiro atoms. The average Bonchev–Trinajstić information content (AvgIpc) is 2.47. The first-order valence-electron chi connectivity index (χ1n) is 4.59. The highest BCUT2D eigenvalue weighted by molar-refractivity contribution is 9.26. The van der Waals surface area contributed by atoms with Crippen molar-refractivity contribution in [2.75, 3.05) is 6.54 Å². The van der Waals surface area contributed by atoms with Gasteiger partial charge in [-0.25, -0.2) is 0 Å². The van der Waals surface area contributed by atoms with E-state index in [-0.39, 0.29) is 3.23 Å². The van der Waals surface area contributed by atoms with Crippen molar-refractivity contribution in [3.05, 3.63) is 35.4 Å². The van der Waals surface area contributed by atoms with Crippen LogP contribution < -0.4 is 0 Å². The normalized spacial score (nSPS) is 19.5. The molecular formula is C11H11Br2N. The third-order valence-electron chi connectivity index (χ3n) is 2.37. The van der Waals surface area contributed by atoms with Crippen LogP contribution in [0.25, 0.3) is 0 Å². The molecule has 1 nitrogen and oxygen atoms in total. The summed E-state index contributed by atoms with van der Waals surface area (Å²) in [7, 11) is 0. The monoisotopic (exact) mass is 315 g/mol. The van der Waals surface area contributed by atoms with E-state index >= 15 is 0 Å². The summed E-state index contributed by atoms with van der Waals surface area (Å²) in [5, 5.41) is 0. The maximum atomic E-state index is 4.51. The summed E-state index contributed by atoms with van der Waals surface area (Å²) < 4.78 is -0.116. The summed E-state index contributed by atoms with van der Waals surface area (Å²) in [6.07, 6.45) is 1.01. The molecule has 1 aromatic rings. The quantitative estimate of drug-likeness (QED) is 0.701. The zero-order chi connectivity index (χ0) is 10.2. The molecule has 74 valence electrons. The van der Waals surface area contributed by atoms with E-state index in [1.54, 1.807) is 0 Å². The summed E-state index contributed by atoms with van der Waals surface area (Å²) in [5.41, 5.74) is 3.58. The Labute approximate surface area is 101 Å². The van der Waals surface area contributed by atoms with Crippen LogP contribution in [0.4, 0.5) is 0 Å². The Bertz CT molecular complexity index is 365. The van der Waals surface area contributed by atoms with Gasteiger partial charge in [-0.3, -0.25) is 4.99 Å². The lowest BCUT2D eigenvalue weighted by atomic mass is 10.1. The second kappa shape index (κ2) is 3.78. The first-order chi connectivity index (χ1) is 6.59. The summed E-state index contributed by atoms with van der Waals surface area (Å²) >= 11 is 7.30. The minimum Gasteiger partial charge on any atom is -0.287 e. The molecule has 3 heteroatoms. The number of hydrogen-bond acceptors (Lipinski definition) is 1. The zero-order valence-electron chi connectivity index (χ0n) is 7.93. The molecule has 0 atom stereocenters. The van der Waals surface area contributed by atoms with Gasteiger partial charge >= 0.3 is 0 Å². The number of alkyl halides is 2. The summed E-state index contributed by atoms with van der Waals surface area (Å²) in [5.74, 6) is 0. The van der Waals surface area contributed by atoms with Crippen LogP contribution in [0.15, 0.2) is 29.3 Å². The van der Waals surface area contributed by atoms with Gasteiger partial charge in [-0.2, -0.15) is 0 Å². The highest BCUT2D eigenvalue weighted by Crippen LogP contribution is 2.38. The first-order valence-corrected chi connectivity index (χ1v) is 6.18. The molecule has 14 heavy (non-hydrogen) atoms. The molecule has 0 bridgehead atoms. The largest absolute Gasteiger partial charge is 0.287 e. The second-order valence-corrected chi connectivity index (χ2v) is 7.32. The van der Waals surface area contributed by atoms with Gasteiger partial charge < -0.3 is 0 Å². The van der Waals surface area contributed by atoms with Crippen molar-refractivity contribution in [1.82, 2.24) is 0 Å². The molecule has 1 aliphatic heterocycles. The lowest BCUT2D eigenvalue weighted by Crippen LogP contribution is -2.20. The van der Waals surface area contributed by atoms with Crippen molar-refractivity contribution in [3.63, 3.8) is 0 Å². The van der Waals surface area contributed by atoms with E-state index in [9.17, 15) is 0 Å². The summed E-state index contributed by atoms with van der Waals surface area (Å²) in [6.45, 7) is 2.98. The Balaban J connectivity index is 2.36. The van der Waals surface area contributed by atoms with Crippen LogP contribution in [0.2, 0.25) is 0 Å². The van der Waals surface area contributed by atoms with Crippen LogP contribution in [0.1, 0.15) is 17.5 Å². The fourth-order valence-electron chi connectivity index (χ4n) is 1.56. The van der Waals surface area contributed by atoms with Gasteiger partial charge in [-0.15, -0.1) is 0 Å². The highest BCUT2D eigenvalue weighted by Gasteiger charge is 2.34. The molecule has 1 heterocycles. The topological polar surface area (TPSA) is 12.4 Å². The molecule has 0 aromatic heterocycles. The third-order valence-corrected chi connectivity index (χ3v) is 3.91. The van der Waals surface area contributed by atoms with E-state index < -0.39 is 0 Å². The molecule has 0 fully saturated rings. The van der Waals surface area contributed by atoms with E-state index in [1.165, 1.54) is 11.1 Å². The Morgan fingerprint density at radius 2 is 1.86 bits per heavy atom. The number of aryl methyl sites for hydroxylation is 1. The van der Waals surface area contributed by atoms with Crippen molar-refractivity contribution in [2.24, 2.45) is 4.99 Å². The number of nitrogens with zero attached hydrogens (tertiary/aromatic N) is 1. The predicted molar refractivity (Wildman–Crippen MR) is 67.8 cm³/mol. The Morgan fingerprint density at radius 3 is 2.36 bits per heavy atom. The van der Waals surface area contributed by atoms with E-state index in [4.69, 9.17) is 0 Å². The van der Waals surface area contributed by atoms with Crippen LogP contribution in [0, 0.1) is 6.92 Å². The van der Waals surface area contributed by atoms with E-state index in [1.807, 2.05) is 0 Å². The minimum absolute atomic E-state index is 0.116. The maximum absolute atomic E-state index is 4.51. The van der Waals surface area contributed by atoms with Gasteiger partial charge in [0.1, 0.15) is 3.23 Å². The first kappa shape index (κ1) is 10.4. The van der Waals surface area contributed by atoms with Crippen LogP contribution >= 0.6 is 31.9 Å². The number of aliphatic imine (C=N–C) groups is 1. The molecule has 2 rings (SSSR count). The van der Waals surface area contributed by atoms with Gasteiger partial charge in [0.15, 0.2) is 0 Å². The predicted octanol–water partition coefficient (Wildman–Crippen LogP) is 3.67. The van der Waals surface area contributed by atoms with Crippen LogP contribution in [0.5, 0.6) is 0 Å². The number of rotatable bonds is 1. The molecule has 0 aliphatic carbocycles. The molecule has 0 radical (unpaired) electrons. The molecule has 0 saturated carbocycles. The van der Waals surface area contributed by atoms with Gasteiger partial charge in [0.25, 0.3) is 0 Å². The maximum Gasteiger partial charge on any atom is 0.124 e. The van der Waals surface area contributed by atoms with Crippen molar-refractivity contribution in [2.45, 2.75) is 16.6 Å². The molecule has 0 saturated heterocycles. The fraction of sp³-hybridized carbons (Fsp3) is 0.364. The zero-order valence-corrected chi connectivity index (χ0v) is 11.1. The lowest BCUT2D eigenvalue weighted by molar-refractivity contribution is 0.947. The van der Waals surface area contributed by atoms with Crippen molar-refractivity contribution >= 4 is 37.6 Å². The average molecular weight is 317 g/mol. The molecule has 0 unspecified atom stereocenters. The van der Waals surface area contributed by atoms with E-state index in [0.29, 0.717) is 0 Å². The Morgan fingerprint density at radius 1 is 1.21 bits per heavy atom. The standard InChI is InChI=1S/C11H11Br2N/c1-8-2-4-9(5-3-8)10-11(12,13)6-7-14-10/h2-5H,6-7H2,1H3. The number of benzene rings is 1. The second-order valence-electron chi connectivity index (χ2n) is 3.55. The summed E-state index contributed by atoms with van der Waals surface area (Å²) in [4.78, 5) is 4.51. The van der Waals surface area contributed by atoms with Crippen LogP contribution in [-0.2, 0) is 0 Å². The van der Waals surface area contributed by atoms with Gasteiger partial charge in [0.2, 0.25) is 0 Å². The van der Waals surface area contributed by atoms with Gasteiger partial charge in [-0.05, 0) is 18.9 Å². The molecule has 0 amide bonds. The van der Waals surface area contributed by atoms with Gasteiger partial charge in [0, 0.05) is 6.54 Å². The lowest BCUT2D eigenvalue weighted by Gasteiger charge is -2.15. The molecular weight excluding hydrogens is 306 g/mol. The Kier molecular flexibility index (Phi) is 2.80. The van der Waals surface area contributed by atoms with Crippen molar-refractivity contribution in [1.29, 1.82) is 0 Å². The van der Waals surface area contributed by atoms with E-state index in [2.05, 4.69) is 68.0 Å². The fourth-order valence-corrected chi connectivity index (χ4v) is 2.62. The Hall–Kier alpha value is -0.150. The molecule has 1 aliphatic rings. The molecule has 0 N–H and O–H groups in total. The molecule has 1 aromatic carbocycles. The number of halogens is 2. The third kappa shape index (κ3) is 1.94. The smallest absolute Gasteiger partial charge is 0.124 e. The van der Waals surface area contributed by atoms with Gasteiger partial charge in [0.05, 0.1) is 5.71 Å². The SMILES string of the molecule is Cc1ccc(C2=NCCC2(Br)Br)cc1. The number of hydrogen-bond donors (Lipinski definition) is 0. The van der Waals surface area contributed by atoms with Crippen LogP contribution in [-0.4, -0.2) is 15.5 Å². The minimum atomic E-state index is -0.116.